The molecule has 6 heteroatoms. The van der Waals surface area contributed by atoms with Crippen LogP contribution in [0.25, 0.3) is 0 Å². The molecule has 1 atom stereocenters. The van der Waals surface area contributed by atoms with Gasteiger partial charge in [0.25, 0.3) is 0 Å². The molecule has 2 aliphatic rings. The molecule has 1 aromatic carbocycles. The van der Waals surface area contributed by atoms with E-state index in [1.165, 1.54) is 0 Å². The lowest BCUT2D eigenvalue weighted by Gasteiger charge is -2.34. The quantitative estimate of drug-likeness (QED) is 0.910. The van der Waals surface area contributed by atoms with Gasteiger partial charge in [0, 0.05) is 25.7 Å². The molecule has 4 nitrogen and oxygen atoms in total. The van der Waals surface area contributed by atoms with Crippen LogP contribution in [0, 0.1) is 12.7 Å². The zero-order valence-electron chi connectivity index (χ0n) is 13.0. The highest BCUT2D eigenvalue weighted by Gasteiger charge is 2.37. The summed E-state index contributed by atoms with van der Waals surface area (Å²) in [7, 11) is 2.05. The summed E-state index contributed by atoms with van der Waals surface area (Å²) in [4.78, 5) is 8.82. The van der Waals surface area contributed by atoms with E-state index in [9.17, 15) is 4.39 Å². The van der Waals surface area contributed by atoms with E-state index in [1.54, 1.807) is 13.0 Å². The summed E-state index contributed by atoms with van der Waals surface area (Å²) in [6.45, 7) is 5.34. The summed E-state index contributed by atoms with van der Waals surface area (Å²) in [6.07, 6.45) is 0.913. The molecule has 0 spiro atoms. The minimum Gasteiger partial charge on any atom is -0.382 e. The van der Waals surface area contributed by atoms with E-state index in [2.05, 4.69) is 28.8 Å². The average Bonchev–Trinajstić information content (AvgIpc) is 2.71. The number of hydrogen-bond acceptors (Lipinski definition) is 4. The van der Waals surface area contributed by atoms with Crippen LogP contribution in [0.15, 0.2) is 28.5 Å². The lowest BCUT2D eigenvalue weighted by molar-refractivity contribution is 0.165. The molecule has 0 bridgehead atoms. The van der Waals surface area contributed by atoms with Crippen LogP contribution in [-0.4, -0.2) is 41.9 Å². The fourth-order valence-corrected chi connectivity index (χ4v) is 3.57. The SMILES string of the molecule is CC1=C2C(N)=NCCN2C(Cc2cc(C)c(F)c(Cl)c2)N1C. The maximum absolute atomic E-state index is 13.7. The van der Waals surface area contributed by atoms with Crippen molar-refractivity contribution in [1.82, 2.24) is 9.80 Å². The number of nitrogens with zero attached hydrogens (tertiary/aromatic N) is 3. The van der Waals surface area contributed by atoms with Crippen LogP contribution in [0.1, 0.15) is 18.1 Å². The molecule has 0 amide bonds. The number of aryl methyl sites for hydroxylation is 1. The Morgan fingerprint density at radius 1 is 1.41 bits per heavy atom. The van der Waals surface area contributed by atoms with Crippen molar-refractivity contribution in [2.24, 2.45) is 10.7 Å². The number of halogens is 2. The van der Waals surface area contributed by atoms with Crippen molar-refractivity contribution in [2.45, 2.75) is 26.4 Å². The Labute approximate surface area is 135 Å². The summed E-state index contributed by atoms with van der Waals surface area (Å²) < 4.78 is 13.7. The Hall–Kier alpha value is -1.75. The number of aliphatic imine (C=N–C) groups is 1. The number of fused-ring (bicyclic) bond motifs is 1. The molecule has 0 saturated carbocycles. The zero-order chi connectivity index (χ0) is 16.0. The first-order chi connectivity index (χ1) is 10.4. The van der Waals surface area contributed by atoms with Crippen molar-refractivity contribution >= 4 is 17.4 Å². The average molecular weight is 323 g/mol. The number of amidine groups is 1. The summed E-state index contributed by atoms with van der Waals surface area (Å²) in [6, 6.07) is 3.58. The maximum atomic E-state index is 13.7. The van der Waals surface area contributed by atoms with Gasteiger partial charge in [-0.15, -0.1) is 0 Å². The molecular weight excluding hydrogens is 303 g/mol. The van der Waals surface area contributed by atoms with Gasteiger partial charge in [-0.25, -0.2) is 4.39 Å². The van der Waals surface area contributed by atoms with Crippen LogP contribution < -0.4 is 5.73 Å². The Balaban J connectivity index is 1.90. The van der Waals surface area contributed by atoms with E-state index in [4.69, 9.17) is 17.3 Å². The molecule has 2 N–H and O–H groups in total. The molecule has 2 heterocycles. The van der Waals surface area contributed by atoms with E-state index in [-0.39, 0.29) is 17.0 Å². The smallest absolute Gasteiger partial charge is 0.144 e. The normalized spacial score (nSPS) is 21.3. The minimum absolute atomic E-state index is 0.157. The predicted molar refractivity (Wildman–Crippen MR) is 87.3 cm³/mol. The molecule has 0 radical (unpaired) electrons. The maximum Gasteiger partial charge on any atom is 0.144 e. The highest BCUT2D eigenvalue weighted by Crippen LogP contribution is 2.32. The van der Waals surface area contributed by atoms with Crippen molar-refractivity contribution in [3.63, 3.8) is 0 Å². The monoisotopic (exact) mass is 322 g/mol. The van der Waals surface area contributed by atoms with E-state index in [0.717, 1.165) is 29.9 Å². The van der Waals surface area contributed by atoms with Gasteiger partial charge >= 0.3 is 0 Å². The third kappa shape index (κ3) is 2.33. The molecule has 2 aliphatic heterocycles. The van der Waals surface area contributed by atoms with Crippen LogP contribution >= 0.6 is 11.6 Å². The van der Waals surface area contributed by atoms with E-state index in [1.807, 2.05) is 6.07 Å². The van der Waals surface area contributed by atoms with Crippen LogP contribution in [0.2, 0.25) is 5.02 Å². The number of allylic oxidation sites excluding steroid dienone is 1. The molecule has 1 aromatic rings. The largest absolute Gasteiger partial charge is 0.382 e. The Kier molecular flexibility index (Phi) is 3.77. The molecule has 0 aromatic heterocycles. The van der Waals surface area contributed by atoms with Crippen molar-refractivity contribution in [3.05, 3.63) is 45.5 Å². The van der Waals surface area contributed by atoms with Gasteiger partial charge in [0.2, 0.25) is 0 Å². The van der Waals surface area contributed by atoms with E-state index in [0.29, 0.717) is 17.9 Å². The first kappa shape index (κ1) is 15.2. The Morgan fingerprint density at radius 3 is 2.82 bits per heavy atom. The number of rotatable bonds is 2. The third-order valence-electron chi connectivity index (χ3n) is 4.52. The molecule has 0 fully saturated rings. The molecule has 3 rings (SSSR count). The van der Waals surface area contributed by atoms with Gasteiger partial charge < -0.3 is 15.5 Å². The second-order valence-electron chi connectivity index (χ2n) is 5.90. The summed E-state index contributed by atoms with van der Waals surface area (Å²) in [5, 5.41) is 0.181. The molecule has 1 unspecified atom stereocenters. The standard InChI is InChI=1S/C16H20ClFN4/c1-9-6-11(7-12(17)14(9)18)8-13-21(3)10(2)15-16(19)20-4-5-22(13)15/h6-7,13H,4-5,8H2,1-3H3,(H2,19,20). The van der Waals surface area contributed by atoms with Crippen LogP contribution in [0.3, 0.4) is 0 Å². The zero-order valence-corrected chi connectivity index (χ0v) is 13.8. The van der Waals surface area contributed by atoms with Crippen molar-refractivity contribution in [1.29, 1.82) is 0 Å². The highest BCUT2D eigenvalue weighted by atomic mass is 35.5. The van der Waals surface area contributed by atoms with Crippen LogP contribution in [-0.2, 0) is 6.42 Å². The second-order valence-corrected chi connectivity index (χ2v) is 6.31. The first-order valence-electron chi connectivity index (χ1n) is 7.35. The van der Waals surface area contributed by atoms with Gasteiger partial charge in [0.05, 0.1) is 17.3 Å². The lowest BCUT2D eigenvalue weighted by Crippen LogP contribution is -2.45. The summed E-state index contributed by atoms with van der Waals surface area (Å²) in [5.74, 6) is 0.265. The van der Waals surface area contributed by atoms with Gasteiger partial charge in [-0.1, -0.05) is 17.7 Å². The Morgan fingerprint density at radius 2 is 2.14 bits per heavy atom. The van der Waals surface area contributed by atoms with Gasteiger partial charge in [0.1, 0.15) is 17.8 Å². The highest BCUT2D eigenvalue weighted by molar-refractivity contribution is 6.30. The van der Waals surface area contributed by atoms with Crippen molar-refractivity contribution in [3.8, 4) is 0 Å². The molecule has 118 valence electrons. The fourth-order valence-electron chi connectivity index (χ4n) is 3.28. The predicted octanol–water partition coefficient (Wildman–Crippen LogP) is 2.51. The van der Waals surface area contributed by atoms with Crippen LogP contribution in [0.4, 0.5) is 4.39 Å². The third-order valence-corrected chi connectivity index (χ3v) is 4.79. The number of likely N-dealkylation sites (N-methyl/N-ethyl adjacent to an activating group) is 1. The van der Waals surface area contributed by atoms with Crippen molar-refractivity contribution in [2.75, 3.05) is 20.1 Å². The topological polar surface area (TPSA) is 44.9 Å². The van der Waals surface area contributed by atoms with Crippen molar-refractivity contribution < 1.29 is 4.39 Å². The number of nitrogens with two attached hydrogens (primary N) is 1. The van der Waals surface area contributed by atoms with Gasteiger partial charge in [-0.05, 0) is 31.0 Å². The number of benzene rings is 1. The Bertz CT molecular complexity index is 660. The van der Waals surface area contributed by atoms with E-state index >= 15 is 0 Å². The summed E-state index contributed by atoms with van der Waals surface area (Å²) >= 11 is 5.98. The van der Waals surface area contributed by atoms with Gasteiger partial charge in [-0.2, -0.15) is 0 Å². The summed E-state index contributed by atoms with van der Waals surface area (Å²) in [5.41, 5.74) is 9.79. The minimum atomic E-state index is -0.338. The fraction of sp³-hybridized carbons (Fsp3) is 0.438. The van der Waals surface area contributed by atoms with Gasteiger partial charge in [0.15, 0.2) is 0 Å². The molecule has 22 heavy (non-hydrogen) atoms. The lowest BCUT2D eigenvalue weighted by atomic mass is 10.1. The van der Waals surface area contributed by atoms with Gasteiger partial charge in [-0.3, -0.25) is 4.99 Å². The second kappa shape index (κ2) is 5.47. The van der Waals surface area contributed by atoms with E-state index < -0.39 is 0 Å². The first-order valence-corrected chi connectivity index (χ1v) is 7.73. The molecule has 0 saturated heterocycles. The number of hydrogen-bond donors (Lipinski definition) is 1. The molecular formula is C16H20ClFN4. The molecule has 0 aliphatic carbocycles. The van der Waals surface area contributed by atoms with Crippen LogP contribution in [0.5, 0.6) is 0 Å².